The van der Waals surface area contributed by atoms with Crippen molar-refractivity contribution < 1.29 is 4.79 Å². The maximum Gasteiger partial charge on any atom is 0.151 e. The van der Waals surface area contributed by atoms with Crippen molar-refractivity contribution in [1.82, 2.24) is 4.90 Å². The van der Waals surface area contributed by atoms with E-state index in [0.717, 1.165) is 31.7 Å². The van der Waals surface area contributed by atoms with Crippen LogP contribution in [0.15, 0.2) is 42.5 Å². The third kappa shape index (κ3) is 4.42. The minimum atomic E-state index is 0.230. The standard InChI is InChI=1S/C21H25ClN2O/c1-16-6-5-9-21(17(16)2)24-12-10-23(11-13-24)15-19(25)14-18-7-3-4-8-20(18)22/h3-9H,10-15H2,1-2H3. The number of carbonyl (C=O) groups excluding carboxylic acids is 1. The average Bonchev–Trinajstić information content (AvgIpc) is 2.60. The molecule has 0 saturated carbocycles. The van der Waals surface area contributed by atoms with Crippen molar-refractivity contribution in [2.24, 2.45) is 0 Å². The van der Waals surface area contributed by atoms with Gasteiger partial charge in [0.15, 0.2) is 5.78 Å². The van der Waals surface area contributed by atoms with E-state index in [1.807, 2.05) is 24.3 Å². The van der Waals surface area contributed by atoms with E-state index in [9.17, 15) is 4.79 Å². The van der Waals surface area contributed by atoms with Crippen LogP contribution in [0.4, 0.5) is 5.69 Å². The van der Waals surface area contributed by atoms with E-state index < -0.39 is 0 Å². The van der Waals surface area contributed by atoms with E-state index in [0.29, 0.717) is 18.0 Å². The quantitative estimate of drug-likeness (QED) is 0.812. The fourth-order valence-electron chi connectivity index (χ4n) is 3.38. The molecule has 1 aliphatic rings. The van der Waals surface area contributed by atoms with Crippen molar-refractivity contribution in [3.8, 4) is 0 Å². The first-order valence-electron chi connectivity index (χ1n) is 8.83. The molecule has 1 saturated heterocycles. The molecule has 2 aromatic rings. The minimum Gasteiger partial charge on any atom is -0.369 e. The van der Waals surface area contributed by atoms with Crippen LogP contribution in [0.1, 0.15) is 16.7 Å². The van der Waals surface area contributed by atoms with Gasteiger partial charge in [-0.3, -0.25) is 9.69 Å². The van der Waals surface area contributed by atoms with E-state index in [4.69, 9.17) is 11.6 Å². The van der Waals surface area contributed by atoms with Crippen LogP contribution in [0, 0.1) is 13.8 Å². The Morgan fingerprint density at radius 1 is 1.00 bits per heavy atom. The molecule has 3 nitrogen and oxygen atoms in total. The lowest BCUT2D eigenvalue weighted by Gasteiger charge is -2.36. The van der Waals surface area contributed by atoms with Gasteiger partial charge in [-0.05, 0) is 42.7 Å². The highest BCUT2D eigenvalue weighted by atomic mass is 35.5. The number of ketones is 1. The fraction of sp³-hybridized carbons (Fsp3) is 0.381. The Morgan fingerprint density at radius 3 is 2.44 bits per heavy atom. The molecule has 1 aliphatic heterocycles. The van der Waals surface area contributed by atoms with E-state index in [-0.39, 0.29) is 5.78 Å². The first-order valence-corrected chi connectivity index (χ1v) is 9.21. The molecule has 25 heavy (non-hydrogen) atoms. The summed E-state index contributed by atoms with van der Waals surface area (Å²) < 4.78 is 0. The molecule has 2 aromatic carbocycles. The van der Waals surface area contributed by atoms with Crippen LogP contribution in [0.3, 0.4) is 0 Å². The van der Waals surface area contributed by atoms with Gasteiger partial charge < -0.3 is 4.90 Å². The lowest BCUT2D eigenvalue weighted by atomic mass is 10.1. The first kappa shape index (κ1) is 18.0. The van der Waals surface area contributed by atoms with Gasteiger partial charge in [-0.2, -0.15) is 0 Å². The fourth-order valence-corrected chi connectivity index (χ4v) is 3.59. The number of Topliss-reactive ketones (excluding diaryl/α,β-unsaturated/α-hetero) is 1. The molecule has 1 heterocycles. The van der Waals surface area contributed by atoms with Crippen molar-refractivity contribution in [3.05, 3.63) is 64.2 Å². The number of carbonyl (C=O) groups is 1. The first-order chi connectivity index (χ1) is 12.0. The molecule has 3 rings (SSSR count). The summed E-state index contributed by atoms with van der Waals surface area (Å²) in [4.78, 5) is 17.0. The van der Waals surface area contributed by atoms with Gasteiger partial charge in [0.05, 0.1) is 6.54 Å². The molecule has 0 amide bonds. The average molecular weight is 357 g/mol. The Hall–Kier alpha value is -1.84. The molecule has 0 spiro atoms. The molecule has 0 bridgehead atoms. The molecular weight excluding hydrogens is 332 g/mol. The van der Waals surface area contributed by atoms with Gasteiger partial charge in [-0.15, -0.1) is 0 Å². The Balaban J connectivity index is 1.53. The van der Waals surface area contributed by atoms with Crippen LogP contribution in [-0.4, -0.2) is 43.4 Å². The molecule has 0 aliphatic carbocycles. The van der Waals surface area contributed by atoms with Gasteiger partial charge in [0, 0.05) is 43.3 Å². The highest BCUT2D eigenvalue weighted by molar-refractivity contribution is 6.31. The Morgan fingerprint density at radius 2 is 1.72 bits per heavy atom. The van der Waals surface area contributed by atoms with Crippen LogP contribution in [0.25, 0.3) is 0 Å². The second-order valence-corrected chi connectivity index (χ2v) is 7.20. The number of piperazine rings is 1. The molecule has 0 aromatic heterocycles. The van der Waals surface area contributed by atoms with Crippen molar-refractivity contribution in [3.63, 3.8) is 0 Å². The van der Waals surface area contributed by atoms with Gasteiger partial charge in [0.2, 0.25) is 0 Å². The van der Waals surface area contributed by atoms with Crippen LogP contribution < -0.4 is 4.90 Å². The predicted octanol–water partition coefficient (Wildman–Crippen LogP) is 3.89. The Labute approximate surface area is 155 Å². The number of hydrogen-bond donors (Lipinski definition) is 0. The van der Waals surface area contributed by atoms with Gasteiger partial charge in [0.25, 0.3) is 0 Å². The molecule has 4 heteroatoms. The van der Waals surface area contributed by atoms with Crippen molar-refractivity contribution in [2.45, 2.75) is 20.3 Å². The van der Waals surface area contributed by atoms with Crippen molar-refractivity contribution >= 4 is 23.1 Å². The van der Waals surface area contributed by atoms with E-state index in [1.54, 1.807) is 0 Å². The number of anilines is 1. The second kappa shape index (κ2) is 8.03. The topological polar surface area (TPSA) is 23.6 Å². The van der Waals surface area contributed by atoms with E-state index >= 15 is 0 Å². The molecule has 0 radical (unpaired) electrons. The predicted molar refractivity (Wildman–Crippen MR) is 105 cm³/mol. The lowest BCUT2D eigenvalue weighted by molar-refractivity contribution is -0.119. The summed E-state index contributed by atoms with van der Waals surface area (Å²) in [5.74, 6) is 0.230. The Bertz CT molecular complexity index is 751. The van der Waals surface area contributed by atoms with E-state index in [1.165, 1.54) is 16.8 Å². The van der Waals surface area contributed by atoms with Crippen LogP contribution in [-0.2, 0) is 11.2 Å². The SMILES string of the molecule is Cc1cccc(N2CCN(CC(=O)Cc3ccccc3Cl)CC2)c1C. The zero-order valence-electron chi connectivity index (χ0n) is 15.0. The van der Waals surface area contributed by atoms with Crippen LogP contribution in [0.2, 0.25) is 5.02 Å². The van der Waals surface area contributed by atoms with Gasteiger partial charge in [-0.25, -0.2) is 0 Å². The highest BCUT2D eigenvalue weighted by Gasteiger charge is 2.20. The maximum atomic E-state index is 12.4. The maximum absolute atomic E-state index is 12.4. The summed E-state index contributed by atoms with van der Waals surface area (Å²) in [6, 6.07) is 14.1. The van der Waals surface area contributed by atoms with E-state index in [2.05, 4.69) is 41.8 Å². The van der Waals surface area contributed by atoms with Crippen LogP contribution in [0.5, 0.6) is 0 Å². The molecule has 0 atom stereocenters. The largest absolute Gasteiger partial charge is 0.369 e. The molecule has 1 fully saturated rings. The van der Waals surface area contributed by atoms with Gasteiger partial charge in [-0.1, -0.05) is 41.9 Å². The normalized spacial score (nSPS) is 15.4. The third-order valence-electron chi connectivity index (χ3n) is 5.03. The number of benzene rings is 2. The molecule has 0 unspecified atom stereocenters. The number of halogens is 1. The van der Waals surface area contributed by atoms with Crippen molar-refractivity contribution in [2.75, 3.05) is 37.6 Å². The number of rotatable bonds is 5. The number of hydrogen-bond acceptors (Lipinski definition) is 3. The monoisotopic (exact) mass is 356 g/mol. The molecular formula is C21H25ClN2O. The second-order valence-electron chi connectivity index (χ2n) is 6.79. The lowest BCUT2D eigenvalue weighted by Crippen LogP contribution is -2.48. The number of aryl methyl sites for hydroxylation is 1. The molecule has 132 valence electrons. The minimum absolute atomic E-state index is 0.230. The zero-order valence-corrected chi connectivity index (χ0v) is 15.7. The summed E-state index contributed by atoms with van der Waals surface area (Å²) in [5.41, 5.74) is 4.92. The molecule has 0 N–H and O–H groups in total. The third-order valence-corrected chi connectivity index (χ3v) is 5.40. The van der Waals surface area contributed by atoms with Crippen LogP contribution >= 0.6 is 11.6 Å². The summed E-state index contributed by atoms with van der Waals surface area (Å²) in [6.07, 6.45) is 0.414. The summed E-state index contributed by atoms with van der Waals surface area (Å²) in [5, 5.41) is 0.676. The Kier molecular flexibility index (Phi) is 5.77. The van der Waals surface area contributed by atoms with Gasteiger partial charge in [0.1, 0.15) is 0 Å². The summed E-state index contributed by atoms with van der Waals surface area (Å²) in [6.45, 7) is 8.61. The smallest absolute Gasteiger partial charge is 0.151 e. The summed E-state index contributed by atoms with van der Waals surface area (Å²) >= 11 is 6.15. The number of nitrogens with zero attached hydrogens (tertiary/aromatic N) is 2. The highest BCUT2D eigenvalue weighted by Crippen LogP contribution is 2.24. The van der Waals surface area contributed by atoms with Gasteiger partial charge >= 0.3 is 0 Å². The van der Waals surface area contributed by atoms with Crippen molar-refractivity contribution in [1.29, 1.82) is 0 Å². The summed E-state index contributed by atoms with van der Waals surface area (Å²) in [7, 11) is 0. The zero-order chi connectivity index (χ0) is 17.8.